The van der Waals surface area contributed by atoms with Crippen molar-refractivity contribution in [1.82, 2.24) is 10.0 Å². The van der Waals surface area contributed by atoms with Gasteiger partial charge >= 0.3 is 10.3 Å². The van der Waals surface area contributed by atoms with Crippen molar-refractivity contribution < 1.29 is 37.0 Å². The zero-order valence-electron chi connectivity index (χ0n) is 20.3. The van der Waals surface area contributed by atoms with Gasteiger partial charge in [-0.15, -0.1) is 0 Å². The van der Waals surface area contributed by atoms with Gasteiger partial charge in [0.05, 0.1) is 34.0 Å². The number of rotatable bonds is 11. The van der Waals surface area contributed by atoms with Gasteiger partial charge in [-0.1, -0.05) is 19.3 Å². The molecule has 0 aromatic heterocycles. The number of hydrogen-bond donors (Lipinski definition) is 4. The van der Waals surface area contributed by atoms with Crippen LogP contribution in [0.4, 0.5) is 0 Å². The molecule has 0 radical (unpaired) electrons. The zero-order valence-corrected chi connectivity index (χ0v) is 21.1. The summed E-state index contributed by atoms with van der Waals surface area (Å²) in [4.78, 5) is 0. The van der Waals surface area contributed by atoms with Crippen LogP contribution >= 0.6 is 0 Å². The van der Waals surface area contributed by atoms with Crippen LogP contribution in [0.15, 0.2) is 12.1 Å². The van der Waals surface area contributed by atoms with Gasteiger partial charge in [0.25, 0.3) is 0 Å². The fraction of sp³-hybridized carbons (Fsp3) is 0.739. The molecule has 196 valence electrons. The van der Waals surface area contributed by atoms with Crippen LogP contribution in [0.2, 0.25) is 0 Å². The number of nitrogens with one attached hydrogen (secondary N) is 2. The Morgan fingerprint density at radius 2 is 1.76 bits per heavy atom. The Labute approximate surface area is 203 Å². The van der Waals surface area contributed by atoms with E-state index in [0.717, 1.165) is 56.4 Å². The Balaban J connectivity index is 0.000000310. The molecule has 0 bridgehead atoms. The average molecular weight is 505 g/mol. The lowest BCUT2D eigenvalue weighted by atomic mass is 9.96. The number of aliphatic hydroxyl groups excluding tert-OH is 1. The monoisotopic (exact) mass is 504 g/mol. The highest BCUT2D eigenvalue weighted by Gasteiger charge is 2.22. The highest BCUT2D eigenvalue weighted by Crippen LogP contribution is 2.36. The number of fused-ring (bicyclic) bond motifs is 1. The molecule has 1 aromatic rings. The Morgan fingerprint density at radius 1 is 1.06 bits per heavy atom. The van der Waals surface area contributed by atoms with Crippen LogP contribution in [-0.4, -0.2) is 77.9 Å². The highest BCUT2D eigenvalue weighted by atomic mass is 32.2. The average Bonchev–Trinajstić information content (AvgIpc) is 3.02. The highest BCUT2D eigenvalue weighted by molar-refractivity contribution is 7.83. The first-order chi connectivity index (χ1) is 16.4. The van der Waals surface area contributed by atoms with Crippen LogP contribution in [-0.2, 0) is 26.2 Å². The van der Waals surface area contributed by atoms with E-state index in [4.69, 9.17) is 28.6 Å². The molecular formula is C23H40N2O8S. The molecule has 1 fully saturated rings. The van der Waals surface area contributed by atoms with Crippen LogP contribution in [0.5, 0.6) is 11.5 Å². The van der Waals surface area contributed by atoms with E-state index in [0.29, 0.717) is 32.1 Å². The number of benzene rings is 1. The second-order valence-electron chi connectivity index (χ2n) is 8.35. The minimum absolute atomic E-state index is 0.0428. The molecule has 3 rings (SSSR count). The third-order valence-electron chi connectivity index (χ3n) is 5.80. The fourth-order valence-corrected chi connectivity index (χ4v) is 4.80. The van der Waals surface area contributed by atoms with Crippen molar-refractivity contribution in [3.05, 3.63) is 23.3 Å². The lowest BCUT2D eigenvalue weighted by molar-refractivity contribution is -0.0149. The quantitative estimate of drug-likeness (QED) is 0.264. The summed E-state index contributed by atoms with van der Waals surface area (Å²) in [7, 11) is -0.684. The van der Waals surface area contributed by atoms with Crippen molar-refractivity contribution in [3.8, 4) is 11.5 Å². The minimum Gasteiger partial charge on any atom is -0.493 e. The Morgan fingerprint density at radius 3 is 2.41 bits per heavy atom. The van der Waals surface area contributed by atoms with E-state index in [9.17, 15) is 8.42 Å². The number of methoxy groups -OCH3 is 2. The zero-order chi connectivity index (χ0) is 24.8. The number of aliphatic hydroxyl groups is 1. The van der Waals surface area contributed by atoms with E-state index in [1.807, 2.05) is 12.1 Å². The van der Waals surface area contributed by atoms with E-state index in [1.54, 1.807) is 14.2 Å². The summed E-state index contributed by atoms with van der Waals surface area (Å²) in [5.41, 5.74) is 2.34. The van der Waals surface area contributed by atoms with E-state index in [-0.39, 0.29) is 18.8 Å². The van der Waals surface area contributed by atoms with Gasteiger partial charge in [-0.05, 0) is 48.9 Å². The second-order valence-corrected chi connectivity index (χ2v) is 9.53. The van der Waals surface area contributed by atoms with Gasteiger partial charge in [0.1, 0.15) is 6.10 Å². The van der Waals surface area contributed by atoms with Crippen molar-refractivity contribution in [2.24, 2.45) is 0 Å². The predicted octanol–water partition coefficient (Wildman–Crippen LogP) is 2.02. The minimum atomic E-state index is -3.97. The molecule has 10 nitrogen and oxygen atoms in total. The number of ether oxygens (including phenoxy) is 4. The lowest BCUT2D eigenvalue weighted by Gasteiger charge is -2.20. The molecule has 0 spiro atoms. The molecule has 1 aliphatic heterocycles. The number of hydrogen-bond acceptors (Lipinski definition) is 8. The molecule has 0 amide bonds. The smallest absolute Gasteiger partial charge is 0.333 e. The van der Waals surface area contributed by atoms with Crippen LogP contribution in [0.3, 0.4) is 0 Å². The molecule has 34 heavy (non-hydrogen) atoms. The molecule has 1 aliphatic carbocycles. The van der Waals surface area contributed by atoms with Crippen molar-refractivity contribution in [2.75, 3.05) is 53.7 Å². The third kappa shape index (κ3) is 10.4. The van der Waals surface area contributed by atoms with Crippen molar-refractivity contribution in [3.63, 3.8) is 0 Å². The Kier molecular flexibility index (Phi) is 13.1. The van der Waals surface area contributed by atoms with E-state index < -0.39 is 10.3 Å². The second kappa shape index (κ2) is 15.5. The summed E-state index contributed by atoms with van der Waals surface area (Å²) in [6, 6.07) is 4.00. The summed E-state index contributed by atoms with van der Waals surface area (Å²) in [6.07, 6.45) is 6.82. The van der Waals surface area contributed by atoms with Gasteiger partial charge in [0, 0.05) is 25.7 Å². The lowest BCUT2D eigenvalue weighted by Crippen LogP contribution is -2.35. The summed E-state index contributed by atoms with van der Waals surface area (Å²) in [5.74, 6) is 1.47. The Hall–Kier alpha value is -1.47. The van der Waals surface area contributed by atoms with Gasteiger partial charge < -0.3 is 29.4 Å². The topological polar surface area (TPSA) is 136 Å². The number of aryl methyl sites for hydroxylation is 1. The van der Waals surface area contributed by atoms with Crippen LogP contribution in [0.1, 0.15) is 55.8 Å². The summed E-state index contributed by atoms with van der Waals surface area (Å²) in [5, 5.41) is 11.8. The molecule has 0 saturated heterocycles. The first kappa shape index (κ1) is 28.8. The van der Waals surface area contributed by atoms with Gasteiger partial charge in [0.15, 0.2) is 11.5 Å². The van der Waals surface area contributed by atoms with Crippen molar-refractivity contribution in [2.45, 2.75) is 57.1 Å². The molecule has 1 saturated carbocycles. The summed E-state index contributed by atoms with van der Waals surface area (Å²) >= 11 is 0. The van der Waals surface area contributed by atoms with E-state index >= 15 is 0 Å². The van der Waals surface area contributed by atoms with Crippen LogP contribution in [0.25, 0.3) is 0 Å². The third-order valence-corrected chi connectivity index (χ3v) is 6.43. The first-order valence-electron chi connectivity index (χ1n) is 11.9. The van der Waals surface area contributed by atoms with Gasteiger partial charge in [-0.2, -0.15) is 13.1 Å². The normalized spacial score (nSPS) is 18.9. The summed E-state index contributed by atoms with van der Waals surface area (Å²) < 4.78 is 53.8. The predicted molar refractivity (Wildman–Crippen MR) is 129 cm³/mol. The largest absolute Gasteiger partial charge is 0.493 e. The fourth-order valence-electron chi connectivity index (χ4n) is 4.14. The molecule has 1 heterocycles. The van der Waals surface area contributed by atoms with Crippen LogP contribution in [0, 0.1) is 0 Å². The molecule has 2 aliphatic rings. The van der Waals surface area contributed by atoms with Gasteiger partial charge in [0.2, 0.25) is 0 Å². The molecule has 11 heteroatoms. The summed E-state index contributed by atoms with van der Waals surface area (Å²) in [6.45, 7) is 3.25. The van der Waals surface area contributed by atoms with E-state index in [2.05, 4.69) is 10.0 Å². The van der Waals surface area contributed by atoms with Crippen LogP contribution < -0.4 is 19.5 Å². The maximum atomic E-state index is 10.3. The Bertz CT molecular complexity index is 815. The molecule has 1 aromatic carbocycles. The molecule has 1 unspecified atom stereocenters. The maximum Gasteiger partial charge on any atom is 0.333 e. The maximum absolute atomic E-state index is 10.3. The SMILES string of the molecule is COc1cc2c(cc1OC)C(COCCNCCO)OCCC2.O=S(=O)(O)NC1CCCCC1. The van der Waals surface area contributed by atoms with Gasteiger partial charge in [-0.25, -0.2) is 0 Å². The first-order valence-corrected chi connectivity index (χ1v) is 13.3. The standard InChI is InChI=1S/C17H27NO5.C6H13NO3S/c1-20-15-10-13-4-3-8-23-17(14(13)11-16(15)21-2)12-22-9-6-18-5-7-19;8-11(9,10)7-6-4-2-1-3-5-6/h10-11,17-19H,3-9,12H2,1-2H3;6-7H,1-5H2,(H,8,9,10). The van der Waals surface area contributed by atoms with Crippen molar-refractivity contribution >= 4 is 10.3 Å². The van der Waals surface area contributed by atoms with E-state index in [1.165, 1.54) is 12.0 Å². The molecule has 4 N–H and O–H groups in total. The molecular weight excluding hydrogens is 464 g/mol. The molecule has 1 atom stereocenters. The van der Waals surface area contributed by atoms with Crippen molar-refractivity contribution in [1.29, 1.82) is 0 Å². The van der Waals surface area contributed by atoms with Gasteiger partial charge in [-0.3, -0.25) is 4.55 Å².